The maximum Gasteiger partial charge on any atom is 0.274 e. The Bertz CT molecular complexity index is 1220. The predicted octanol–water partition coefficient (Wildman–Crippen LogP) is 2.88. The number of benzene rings is 2. The molecule has 10 heteroatoms. The van der Waals surface area contributed by atoms with Gasteiger partial charge in [0.2, 0.25) is 0 Å². The van der Waals surface area contributed by atoms with Gasteiger partial charge in [-0.05, 0) is 47.5 Å². The summed E-state index contributed by atoms with van der Waals surface area (Å²) in [4.78, 5) is 30.2. The quantitative estimate of drug-likeness (QED) is 0.280. The molecule has 0 spiro atoms. The zero-order chi connectivity index (χ0) is 26.0. The molecule has 0 atom stereocenters. The van der Waals surface area contributed by atoms with Crippen LogP contribution in [0.15, 0.2) is 64.4 Å². The number of hydrazone groups is 1. The van der Waals surface area contributed by atoms with Crippen molar-refractivity contribution in [1.82, 2.24) is 15.2 Å². The minimum absolute atomic E-state index is 0.182. The van der Waals surface area contributed by atoms with Crippen molar-refractivity contribution in [2.45, 2.75) is 6.54 Å². The molecule has 3 aromatic rings. The lowest BCUT2D eigenvalue weighted by atomic mass is 10.1. The molecule has 194 valence electrons. The summed E-state index contributed by atoms with van der Waals surface area (Å²) >= 11 is 1.33. The number of methoxy groups -OCH3 is 1. The monoisotopic (exact) mass is 521 g/mol. The van der Waals surface area contributed by atoms with E-state index in [-0.39, 0.29) is 12.5 Å². The zero-order valence-corrected chi connectivity index (χ0v) is 21.5. The summed E-state index contributed by atoms with van der Waals surface area (Å²) in [5.74, 6) is 0.0571. The summed E-state index contributed by atoms with van der Waals surface area (Å²) in [5, 5.41) is 19.4. The molecule has 0 unspecified atom stereocenters. The van der Waals surface area contributed by atoms with E-state index in [9.17, 15) is 9.59 Å². The Balaban J connectivity index is 1.32. The van der Waals surface area contributed by atoms with Gasteiger partial charge in [0.1, 0.15) is 5.75 Å². The van der Waals surface area contributed by atoms with Gasteiger partial charge in [0.15, 0.2) is 0 Å². The molecule has 2 amide bonds. The number of nitrogens with zero attached hydrogens (tertiary/aromatic N) is 3. The number of ether oxygens (including phenoxy) is 1. The number of hydrogen-bond acceptors (Lipinski definition) is 8. The largest absolute Gasteiger partial charge is 0.497 e. The highest BCUT2D eigenvalue weighted by Crippen LogP contribution is 2.22. The molecule has 0 aliphatic carbocycles. The molecule has 1 fully saturated rings. The van der Waals surface area contributed by atoms with Crippen LogP contribution in [0.5, 0.6) is 5.75 Å². The van der Waals surface area contributed by atoms with Gasteiger partial charge in [0.25, 0.3) is 11.8 Å². The van der Waals surface area contributed by atoms with Crippen molar-refractivity contribution in [2.75, 3.05) is 51.8 Å². The molecule has 2 aromatic carbocycles. The number of β-amino-alcohol motifs (C(OH)–C–C–N with tert-alkyl or cyclic N) is 1. The number of nitrogens with one attached hydrogen (secondary N) is 2. The van der Waals surface area contributed by atoms with E-state index >= 15 is 0 Å². The van der Waals surface area contributed by atoms with Crippen LogP contribution in [0.4, 0.5) is 5.69 Å². The SMILES string of the molecule is COc1ccc(C=NNC(=O)c2cscc2NC(=O)c2cccc(CN3CCN(CCO)CC3)c2)cc1. The summed E-state index contributed by atoms with van der Waals surface area (Å²) in [5.41, 5.74) is 5.71. The summed E-state index contributed by atoms with van der Waals surface area (Å²) in [6.07, 6.45) is 1.54. The van der Waals surface area contributed by atoms with Crippen LogP contribution in [0, 0.1) is 0 Å². The second-order valence-electron chi connectivity index (χ2n) is 8.67. The van der Waals surface area contributed by atoms with Gasteiger partial charge in [-0.2, -0.15) is 5.10 Å². The van der Waals surface area contributed by atoms with Crippen molar-refractivity contribution in [3.05, 3.63) is 81.5 Å². The highest BCUT2D eigenvalue weighted by atomic mass is 32.1. The fraction of sp³-hybridized carbons (Fsp3) is 0.296. The van der Waals surface area contributed by atoms with Crippen LogP contribution >= 0.6 is 11.3 Å². The van der Waals surface area contributed by atoms with Crippen LogP contribution in [-0.2, 0) is 6.54 Å². The van der Waals surface area contributed by atoms with Crippen molar-refractivity contribution in [3.63, 3.8) is 0 Å². The van der Waals surface area contributed by atoms with Gasteiger partial charge in [-0.15, -0.1) is 11.3 Å². The minimum atomic E-state index is -0.407. The average Bonchev–Trinajstić information content (AvgIpc) is 3.38. The van der Waals surface area contributed by atoms with Crippen LogP contribution < -0.4 is 15.5 Å². The van der Waals surface area contributed by atoms with Crippen molar-refractivity contribution in [1.29, 1.82) is 0 Å². The summed E-state index contributed by atoms with van der Waals surface area (Å²) in [6.45, 7) is 5.34. The Morgan fingerprint density at radius 3 is 2.54 bits per heavy atom. The molecule has 0 saturated carbocycles. The van der Waals surface area contributed by atoms with E-state index in [0.29, 0.717) is 23.4 Å². The molecule has 9 nitrogen and oxygen atoms in total. The molecule has 3 N–H and O–H groups in total. The number of thiophene rings is 1. The third-order valence-electron chi connectivity index (χ3n) is 6.13. The third-order valence-corrected chi connectivity index (χ3v) is 6.87. The van der Waals surface area contributed by atoms with Gasteiger partial charge in [0, 0.05) is 55.6 Å². The van der Waals surface area contributed by atoms with E-state index in [1.165, 1.54) is 11.3 Å². The topological polar surface area (TPSA) is 106 Å². The first kappa shape index (κ1) is 26.5. The Hall–Kier alpha value is -3.57. The number of rotatable bonds is 10. The number of aliphatic hydroxyl groups is 1. The molecule has 1 aliphatic heterocycles. The molecule has 37 heavy (non-hydrogen) atoms. The van der Waals surface area contributed by atoms with Gasteiger partial charge in [-0.1, -0.05) is 12.1 Å². The first-order valence-electron chi connectivity index (χ1n) is 12.0. The third kappa shape index (κ3) is 7.46. The number of piperazine rings is 1. The van der Waals surface area contributed by atoms with Crippen molar-refractivity contribution in [2.24, 2.45) is 5.10 Å². The predicted molar refractivity (Wildman–Crippen MR) is 146 cm³/mol. The van der Waals surface area contributed by atoms with Gasteiger partial charge in [-0.25, -0.2) is 5.43 Å². The minimum Gasteiger partial charge on any atom is -0.497 e. The summed E-state index contributed by atoms with van der Waals surface area (Å²) in [6, 6.07) is 14.8. The van der Waals surface area contributed by atoms with E-state index in [2.05, 4.69) is 25.6 Å². The number of amides is 2. The lowest BCUT2D eigenvalue weighted by molar-refractivity contribution is 0.0956. The van der Waals surface area contributed by atoms with Crippen molar-refractivity contribution < 1.29 is 19.4 Å². The van der Waals surface area contributed by atoms with E-state index in [1.54, 1.807) is 30.2 Å². The van der Waals surface area contributed by atoms with Crippen molar-refractivity contribution in [3.8, 4) is 5.75 Å². The van der Waals surface area contributed by atoms with E-state index < -0.39 is 5.91 Å². The summed E-state index contributed by atoms with van der Waals surface area (Å²) < 4.78 is 5.13. The maximum atomic E-state index is 13.0. The van der Waals surface area contributed by atoms with Crippen LogP contribution in [0.2, 0.25) is 0 Å². The molecular weight excluding hydrogens is 490 g/mol. The van der Waals surface area contributed by atoms with Crippen molar-refractivity contribution >= 4 is 35.1 Å². The van der Waals surface area contributed by atoms with Crippen LogP contribution in [0.1, 0.15) is 31.8 Å². The Morgan fingerprint density at radius 2 is 1.81 bits per heavy atom. The van der Waals surface area contributed by atoms with Gasteiger partial charge < -0.3 is 15.2 Å². The smallest absolute Gasteiger partial charge is 0.274 e. The van der Waals surface area contributed by atoms with E-state index in [4.69, 9.17) is 9.84 Å². The van der Waals surface area contributed by atoms with Gasteiger partial charge >= 0.3 is 0 Å². The Kier molecular flexibility index (Phi) is 9.39. The second-order valence-corrected chi connectivity index (χ2v) is 9.41. The normalized spacial score (nSPS) is 14.5. The maximum absolute atomic E-state index is 13.0. The first-order valence-corrected chi connectivity index (χ1v) is 13.0. The second kappa shape index (κ2) is 13.1. The molecule has 0 bridgehead atoms. The van der Waals surface area contributed by atoms with Crippen LogP contribution in [0.3, 0.4) is 0 Å². The fourth-order valence-corrected chi connectivity index (χ4v) is 4.82. The molecular formula is C27H31N5O4S. The highest BCUT2D eigenvalue weighted by Gasteiger charge is 2.18. The lowest BCUT2D eigenvalue weighted by Crippen LogP contribution is -2.46. The average molecular weight is 522 g/mol. The highest BCUT2D eigenvalue weighted by molar-refractivity contribution is 7.08. The first-order chi connectivity index (χ1) is 18.1. The molecule has 1 aliphatic rings. The molecule has 1 saturated heterocycles. The number of anilines is 1. The molecule has 1 aromatic heterocycles. The molecule has 4 rings (SSSR count). The Labute approximate surface area is 220 Å². The number of carbonyl (C=O) groups excluding carboxylic acids is 2. The summed E-state index contributed by atoms with van der Waals surface area (Å²) in [7, 11) is 1.60. The van der Waals surface area contributed by atoms with E-state index in [0.717, 1.165) is 49.6 Å². The number of hydrogen-bond donors (Lipinski definition) is 3. The number of aliphatic hydroxyl groups excluding tert-OH is 1. The zero-order valence-electron chi connectivity index (χ0n) is 20.7. The standard InChI is InChI=1S/C27H31N5O4S/c1-36-23-7-5-20(6-8-23)16-28-30-27(35)24-18-37-19-25(24)29-26(34)22-4-2-3-21(15-22)17-32-11-9-31(10-12-32)13-14-33/h2-8,15-16,18-19,33H,9-14,17H2,1H3,(H,29,34)(H,30,35). The van der Waals surface area contributed by atoms with Crippen LogP contribution in [-0.4, -0.2) is 79.4 Å². The molecule has 2 heterocycles. The van der Waals surface area contributed by atoms with Crippen LogP contribution in [0.25, 0.3) is 0 Å². The molecule has 0 radical (unpaired) electrons. The van der Waals surface area contributed by atoms with Gasteiger partial charge in [0.05, 0.1) is 31.2 Å². The number of carbonyl (C=O) groups is 2. The van der Waals surface area contributed by atoms with E-state index in [1.807, 2.05) is 42.5 Å². The fourth-order valence-electron chi connectivity index (χ4n) is 4.06. The Morgan fingerprint density at radius 1 is 1.05 bits per heavy atom. The lowest BCUT2D eigenvalue weighted by Gasteiger charge is -2.34. The van der Waals surface area contributed by atoms with Gasteiger partial charge in [-0.3, -0.25) is 19.4 Å².